The molecule has 1 unspecified atom stereocenters. The first kappa shape index (κ1) is 13.6. The van der Waals surface area contributed by atoms with Crippen molar-refractivity contribution < 1.29 is 9.59 Å². The van der Waals surface area contributed by atoms with E-state index in [1.54, 1.807) is 0 Å². The Morgan fingerprint density at radius 2 is 2.21 bits per heavy atom. The zero-order valence-corrected chi connectivity index (χ0v) is 11.5. The third-order valence-electron chi connectivity index (χ3n) is 3.27. The van der Waals surface area contributed by atoms with Crippen molar-refractivity contribution >= 4 is 17.6 Å². The smallest absolute Gasteiger partial charge is 0.230 e. The van der Waals surface area contributed by atoms with Gasteiger partial charge < -0.3 is 10.6 Å². The Hall–Kier alpha value is -1.85. The molecular formula is C13H20N4O2. The van der Waals surface area contributed by atoms with E-state index in [0.29, 0.717) is 25.2 Å². The number of amides is 2. The van der Waals surface area contributed by atoms with Crippen LogP contribution in [0.15, 0.2) is 6.07 Å². The summed E-state index contributed by atoms with van der Waals surface area (Å²) in [5.74, 6) is 0.283. The Morgan fingerprint density at radius 1 is 1.47 bits per heavy atom. The number of aromatic amines is 1. The molecule has 1 aromatic heterocycles. The molecule has 0 saturated carbocycles. The maximum absolute atomic E-state index is 12.0. The van der Waals surface area contributed by atoms with Gasteiger partial charge in [-0.15, -0.1) is 0 Å². The molecule has 0 aliphatic carbocycles. The van der Waals surface area contributed by atoms with E-state index >= 15 is 0 Å². The van der Waals surface area contributed by atoms with Gasteiger partial charge in [0.1, 0.15) is 0 Å². The number of H-pyrrole nitrogens is 1. The number of nitrogens with zero attached hydrogens (tertiary/aromatic N) is 1. The van der Waals surface area contributed by atoms with Gasteiger partial charge in [0.15, 0.2) is 5.82 Å². The first-order valence-electron chi connectivity index (χ1n) is 6.50. The van der Waals surface area contributed by atoms with Gasteiger partial charge in [-0.1, -0.05) is 20.8 Å². The van der Waals surface area contributed by atoms with Crippen molar-refractivity contribution in [2.24, 2.45) is 5.92 Å². The number of hydrogen-bond acceptors (Lipinski definition) is 3. The van der Waals surface area contributed by atoms with Crippen LogP contribution in [0, 0.1) is 5.92 Å². The minimum absolute atomic E-state index is 0.0128. The summed E-state index contributed by atoms with van der Waals surface area (Å²) >= 11 is 0. The van der Waals surface area contributed by atoms with Gasteiger partial charge in [-0.25, -0.2) is 0 Å². The summed E-state index contributed by atoms with van der Waals surface area (Å²) < 4.78 is 0. The quantitative estimate of drug-likeness (QED) is 0.749. The number of carbonyl (C=O) groups excluding carboxylic acids is 2. The van der Waals surface area contributed by atoms with E-state index in [2.05, 4.69) is 41.6 Å². The minimum Gasteiger partial charge on any atom is -0.355 e. The Kier molecular flexibility index (Phi) is 3.59. The predicted octanol–water partition coefficient (Wildman–Crippen LogP) is 1.17. The van der Waals surface area contributed by atoms with Gasteiger partial charge in [-0.2, -0.15) is 5.10 Å². The molecule has 104 valence electrons. The lowest BCUT2D eigenvalue weighted by molar-refractivity contribution is -0.126. The predicted molar refractivity (Wildman–Crippen MR) is 71.7 cm³/mol. The highest BCUT2D eigenvalue weighted by Gasteiger charge is 2.25. The van der Waals surface area contributed by atoms with Gasteiger partial charge in [0.05, 0.1) is 5.92 Å². The van der Waals surface area contributed by atoms with Crippen molar-refractivity contribution in [3.05, 3.63) is 11.8 Å². The zero-order chi connectivity index (χ0) is 14.0. The van der Waals surface area contributed by atoms with E-state index < -0.39 is 0 Å². The second-order valence-electron chi connectivity index (χ2n) is 5.95. The highest BCUT2D eigenvalue weighted by atomic mass is 16.2. The van der Waals surface area contributed by atoms with Crippen molar-refractivity contribution in [3.63, 3.8) is 0 Å². The normalized spacial score (nSPS) is 19.9. The molecule has 0 bridgehead atoms. The van der Waals surface area contributed by atoms with Crippen molar-refractivity contribution in [1.82, 2.24) is 15.5 Å². The molecule has 0 spiro atoms. The van der Waals surface area contributed by atoms with Crippen LogP contribution >= 0.6 is 0 Å². The zero-order valence-electron chi connectivity index (χ0n) is 11.5. The fraction of sp³-hybridized carbons (Fsp3) is 0.615. The van der Waals surface area contributed by atoms with E-state index in [4.69, 9.17) is 0 Å². The Balaban J connectivity index is 1.95. The summed E-state index contributed by atoms with van der Waals surface area (Å²) in [7, 11) is 0. The molecular weight excluding hydrogens is 244 g/mol. The second kappa shape index (κ2) is 5.03. The van der Waals surface area contributed by atoms with E-state index in [-0.39, 0.29) is 23.1 Å². The lowest BCUT2D eigenvalue weighted by Crippen LogP contribution is -2.40. The van der Waals surface area contributed by atoms with Gasteiger partial charge in [-0.05, 0) is 6.42 Å². The number of piperidine rings is 1. The van der Waals surface area contributed by atoms with Crippen LogP contribution in [0.1, 0.15) is 39.3 Å². The summed E-state index contributed by atoms with van der Waals surface area (Å²) in [5.41, 5.74) is 0.939. The Bertz CT molecular complexity index is 477. The monoisotopic (exact) mass is 264 g/mol. The van der Waals surface area contributed by atoms with Crippen molar-refractivity contribution in [1.29, 1.82) is 0 Å². The SMILES string of the molecule is CC(C)(C)c1cc(NC(=O)C2CCC(=O)NC2)n[nH]1. The molecule has 1 aliphatic heterocycles. The van der Waals surface area contributed by atoms with E-state index in [0.717, 1.165) is 5.69 Å². The molecule has 6 nitrogen and oxygen atoms in total. The third kappa shape index (κ3) is 3.33. The summed E-state index contributed by atoms with van der Waals surface area (Å²) in [5, 5.41) is 12.5. The van der Waals surface area contributed by atoms with Crippen LogP contribution in [0.25, 0.3) is 0 Å². The summed E-state index contributed by atoms with van der Waals surface area (Å²) in [6.07, 6.45) is 1.00. The Morgan fingerprint density at radius 3 is 2.74 bits per heavy atom. The average molecular weight is 264 g/mol. The van der Waals surface area contributed by atoms with Crippen molar-refractivity contribution in [2.75, 3.05) is 11.9 Å². The number of hydrogen-bond donors (Lipinski definition) is 3. The highest BCUT2D eigenvalue weighted by molar-refractivity contribution is 5.93. The lowest BCUT2D eigenvalue weighted by Gasteiger charge is -2.20. The molecule has 1 atom stereocenters. The summed E-state index contributed by atoms with van der Waals surface area (Å²) in [6.45, 7) is 6.62. The average Bonchev–Trinajstić information content (AvgIpc) is 2.78. The maximum atomic E-state index is 12.0. The van der Waals surface area contributed by atoms with Crippen LogP contribution in [-0.2, 0) is 15.0 Å². The van der Waals surface area contributed by atoms with Crippen LogP contribution < -0.4 is 10.6 Å². The van der Waals surface area contributed by atoms with Gasteiger partial charge in [0, 0.05) is 30.1 Å². The van der Waals surface area contributed by atoms with E-state index in [9.17, 15) is 9.59 Å². The maximum Gasteiger partial charge on any atom is 0.230 e. The summed E-state index contributed by atoms with van der Waals surface area (Å²) in [6, 6.07) is 1.85. The third-order valence-corrected chi connectivity index (χ3v) is 3.27. The second-order valence-corrected chi connectivity index (χ2v) is 5.95. The van der Waals surface area contributed by atoms with Gasteiger partial charge in [0.2, 0.25) is 11.8 Å². The Labute approximate surface area is 112 Å². The molecule has 1 aliphatic rings. The van der Waals surface area contributed by atoms with Crippen LogP contribution in [0.4, 0.5) is 5.82 Å². The molecule has 0 radical (unpaired) electrons. The van der Waals surface area contributed by atoms with Crippen molar-refractivity contribution in [2.45, 2.75) is 39.0 Å². The molecule has 3 N–H and O–H groups in total. The molecule has 1 saturated heterocycles. The van der Waals surface area contributed by atoms with Gasteiger partial charge >= 0.3 is 0 Å². The number of carbonyl (C=O) groups is 2. The summed E-state index contributed by atoms with van der Waals surface area (Å²) in [4.78, 5) is 23.1. The van der Waals surface area contributed by atoms with Crippen LogP contribution in [0.3, 0.4) is 0 Å². The first-order valence-corrected chi connectivity index (χ1v) is 6.50. The number of anilines is 1. The molecule has 1 fully saturated rings. The fourth-order valence-electron chi connectivity index (χ4n) is 1.95. The van der Waals surface area contributed by atoms with Crippen LogP contribution in [0.2, 0.25) is 0 Å². The lowest BCUT2D eigenvalue weighted by atomic mass is 9.92. The molecule has 2 rings (SSSR count). The van der Waals surface area contributed by atoms with Gasteiger partial charge in [0.25, 0.3) is 0 Å². The highest BCUT2D eigenvalue weighted by Crippen LogP contribution is 2.22. The van der Waals surface area contributed by atoms with E-state index in [1.807, 2.05) is 6.07 Å². The molecule has 2 heterocycles. The number of aromatic nitrogens is 2. The van der Waals surface area contributed by atoms with Gasteiger partial charge in [-0.3, -0.25) is 14.7 Å². The molecule has 6 heteroatoms. The standard InChI is InChI=1S/C13H20N4O2/c1-13(2,3)9-6-10(17-16-9)15-12(19)8-4-5-11(18)14-7-8/h6,8H,4-5,7H2,1-3H3,(H,14,18)(H2,15,16,17,19). The van der Waals surface area contributed by atoms with Crippen LogP contribution in [-0.4, -0.2) is 28.6 Å². The molecule has 1 aromatic rings. The molecule has 0 aromatic carbocycles. The molecule has 2 amide bonds. The van der Waals surface area contributed by atoms with Crippen LogP contribution in [0.5, 0.6) is 0 Å². The number of nitrogens with one attached hydrogen (secondary N) is 3. The van der Waals surface area contributed by atoms with E-state index in [1.165, 1.54) is 0 Å². The van der Waals surface area contributed by atoms with Crippen molar-refractivity contribution in [3.8, 4) is 0 Å². The molecule has 19 heavy (non-hydrogen) atoms. The minimum atomic E-state index is -0.174. The topological polar surface area (TPSA) is 86.9 Å². The number of rotatable bonds is 2. The largest absolute Gasteiger partial charge is 0.355 e. The first-order chi connectivity index (χ1) is 8.86. The fourth-order valence-corrected chi connectivity index (χ4v) is 1.95.